The summed E-state index contributed by atoms with van der Waals surface area (Å²) in [4.78, 5) is 0. The zero-order valence-corrected chi connectivity index (χ0v) is 11.6. The molecule has 0 fully saturated rings. The number of nitrogens with two attached hydrogens (primary N) is 1. The van der Waals surface area contributed by atoms with Crippen molar-refractivity contribution < 1.29 is 0 Å². The molecule has 2 N–H and O–H groups in total. The van der Waals surface area contributed by atoms with Crippen molar-refractivity contribution >= 4 is 23.4 Å². The van der Waals surface area contributed by atoms with Crippen molar-refractivity contribution in [2.75, 3.05) is 6.54 Å². The molecule has 18 heavy (non-hydrogen) atoms. The zero-order valence-electron chi connectivity index (χ0n) is 10.1. The molecule has 3 heteroatoms. The molecule has 2 aromatic carbocycles. The van der Waals surface area contributed by atoms with Crippen molar-refractivity contribution in [2.45, 2.75) is 11.0 Å². The molecule has 0 saturated carbocycles. The van der Waals surface area contributed by atoms with Crippen LogP contribution in [0.3, 0.4) is 0 Å². The second-order valence-corrected chi connectivity index (χ2v) is 5.64. The van der Waals surface area contributed by atoms with Crippen LogP contribution in [0, 0.1) is 0 Å². The first-order chi connectivity index (χ1) is 8.81. The van der Waals surface area contributed by atoms with Crippen LogP contribution in [0.2, 0.25) is 5.02 Å². The van der Waals surface area contributed by atoms with E-state index in [-0.39, 0.29) is 5.25 Å². The molecule has 0 aliphatic carbocycles. The Labute approximate surface area is 117 Å². The molecule has 2 aromatic rings. The zero-order chi connectivity index (χ0) is 12.8. The first-order valence-corrected chi connectivity index (χ1v) is 7.34. The molecule has 0 heterocycles. The van der Waals surface area contributed by atoms with Gasteiger partial charge in [0.1, 0.15) is 0 Å². The average molecular weight is 278 g/mol. The van der Waals surface area contributed by atoms with Gasteiger partial charge in [-0.05, 0) is 17.2 Å². The molecule has 0 bridgehead atoms. The molecular weight excluding hydrogens is 262 g/mol. The number of benzene rings is 2. The number of hydrogen-bond acceptors (Lipinski definition) is 2. The van der Waals surface area contributed by atoms with Crippen LogP contribution < -0.4 is 5.73 Å². The molecule has 0 amide bonds. The average Bonchev–Trinajstić information content (AvgIpc) is 2.42. The number of rotatable bonds is 5. The van der Waals surface area contributed by atoms with Gasteiger partial charge in [-0.25, -0.2) is 0 Å². The van der Waals surface area contributed by atoms with Crippen LogP contribution in [0.1, 0.15) is 16.4 Å². The molecule has 0 aromatic heterocycles. The Kier molecular flexibility index (Phi) is 5.12. The molecule has 0 spiro atoms. The lowest BCUT2D eigenvalue weighted by atomic mass is 10.1. The molecule has 1 nitrogen and oxygen atoms in total. The van der Waals surface area contributed by atoms with E-state index in [2.05, 4.69) is 30.3 Å². The molecular formula is C15H16ClNS. The van der Waals surface area contributed by atoms with E-state index >= 15 is 0 Å². The van der Waals surface area contributed by atoms with E-state index in [1.54, 1.807) is 0 Å². The van der Waals surface area contributed by atoms with Crippen molar-refractivity contribution in [1.82, 2.24) is 0 Å². The van der Waals surface area contributed by atoms with Crippen LogP contribution in [0.15, 0.2) is 54.6 Å². The summed E-state index contributed by atoms with van der Waals surface area (Å²) in [5.41, 5.74) is 8.30. The maximum atomic E-state index is 6.21. The van der Waals surface area contributed by atoms with Crippen molar-refractivity contribution in [3.8, 4) is 0 Å². The van der Waals surface area contributed by atoms with Crippen LogP contribution in [-0.4, -0.2) is 6.54 Å². The minimum atomic E-state index is 0.249. The summed E-state index contributed by atoms with van der Waals surface area (Å²) >= 11 is 8.04. The first-order valence-electron chi connectivity index (χ1n) is 5.91. The fraction of sp³-hybridized carbons (Fsp3) is 0.200. The normalized spacial score (nSPS) is 12.3. The summed E-state index contributed by atoms with van der Waals surface area (Å²) < 4.78 is 0. The predicted octanol–water partition coefficient (Wildman–Crippen LogP) is 4.27. The van der Waals surface area contributed by atoms with E-state index < -0.39 is 0 Å². The highest BCUT2D eigenvalue weighted by Crippen LogP contribution is 2.34. The van der Waals surface area contributed by atoms with E-state index in [1.807, 2.05) is 36.0 Å². The third-order valence-corrected chi connectivity index (χ3v) is 4.45. The van der Waals surface area contributed by atoms with Gasteiger partial charge in [-0.15, -0.1) is 11.8 Å². The van der Waals surface area contributed by atoms with E-state index in [9.17, 15) is 0 Å². The monoisotopic (exact) mass is 277 g/mol. The van der Waals surface area contributed by atoms with Gasteiger partial charge < -0.3 is 5.73 Å². The summed E-state index contributed by atoms with van der Waals surface area (Å²) in [6.45, 7) is 0.598. The molecule has 0 aliphatic rings. The quantitative estimate of drug-likeness (QED) is 0.883. The minimum Gasteiger partial charge on any atom is -0.329 e. The van der Waals surface area contributed by atoms with E-state index in [0.717, 1.165) is 16.3 Å². The van der Waals surface area contributed by atoms with Crippen molar-refractivity contribution in [1.29, 1.82) is 0 Å². The second-order valence-electron chi connectivity index (χ2n) is 4.04. The fourth-order valence-electron chi connectivity index (χ4n) is 1.79. The third-order valence-electron chi connectivity index (χ3n) is 2.76. The molecule has 1 atom stereocenters. The Balaban J connectivity index is 2.04. The molecule has 2 rings (SSSR count). The van der Waals surface area contributed by atoms with E-state index in [0.29, 0.717) is 6.54 Å². The van der Waals surface area contributed by atoms with Gasteiger partial charge >= 0.3 is 0 Å². The van der Waals surface area contributed by atoms with Gasteiger partial charge in [0.15, 0.2) is 0 Å². The SMILES string of the molecule is NCC(SCc1ccccc1)c1ccccc1Cl. The van der Waals surface area contributed by atoms with Gasteiger partial charge in [-0.3, -0.25) is 0 Å². The topological polar surface area (TPSA) is 26.0 Å². The summed E-state index contributed by atoms with van der Waals surface area (Å²) in [7, 11) is 0. The summed E-state index contributed by atoms with van der Waals surface area (Å²) in [5, 5.41) is 1.05. The highest BCUT2D eigenvalue weighted by Gasteiger charge is 2.13. The molecule has 94 valence electrons. The highest BCUT2D eigenvalue weighted by atomic mass is 35.5. The van der Waals surface area contributed by atoms with Gasteiger partial charge in [0.2, 0.25) is 0 Å². The number of halogens is 1. The van der Waals surface area contributed by atoms with Crippen LogP contribution in [0.4, 0.5) is 0 Å². The number of thioether (sulfide) groups is 1. The summed E-state index contributed by atoms with van der Waals surface area (Å²) in [6, 6.07) is 18.3. The molecule has 1 unspecified atom stereocenters. The Hall–Kier alpha value is -0.960. The van der Waals surface area contributed by atoms with Crippen molar-refractivity contribution in [3.63, 3.8) is 0 Å². The number of hydrogen-bond donors (Lipinski definition) is 1. The Bertz CT molecular complexity index is 487. The van der Waals surface area contributed by atoms with Gasteiger partial charge in [0, 0.05) is 22.6 Å². The lowest BCUT2D eigenvalue weighted by Crippen LogP contribution is -2.10. The maximum absolute atomic E-state index is 6.21. The van der Waals surface area contributed by atoms with Crippen LogP contribution in [-0.2, 0) is 5.75 Å². The van der Waals surface area contributed by atoms with Gasteiger partial charge in [-0.2, -0.15) is 0 Å². The van der Waals surface area contributed by atoms with Gasteiger partial charge in [0.25, 0.3) is 0 Å². The lowest BCUT2D eigenvalue weighted by Gasteiger charge is -2.16. The smallest absolute Gasteiger partial charge is 0.0449 e. The Morgan fingerprint density at radius 3 is 2.33 bits per heavy atom. The summed E-state index contributed by atoms with van der Waals surface area (Å²) in [6.07, 6.45) is 0. The largest absolute Gasteiger partial charge is 0.329 e. The summed E-state index contributed by atoms with van der Waals surface area (Å²) in [5.74, 6) is 0.952. The standard InChI is InChI=1S/C15H16ClNS/c16-14-9-5-4-8-13(14)15(10-17)18-11-12-6-2-1-3-7-12/h1-9,15H,10-11,17H2. The van der Waals surface area contributed by atoms with Crippen LogP contribution >= 0.6 is 23.4 Å². The van der Waals surface area contributed by atoms with Crippen LogP contribution in [0.5, 0.6) is 0 Å². The highest BCUT2D eigenvalue weighted by molar-refractivity contribution is 7.98. The van der Waals surface area contributed by atoms with Crippen LogP contribution in [0.25, 0.3) is 0 Å². The van der Waals surface area contributed by atoms with E-state index in [4.69, 9.17) is 17.3 Å². The predicted molar refractivity (Wildman–Crippen MR) is 81.0 cm³/mol. The second kappa shape index (κ2) is 6.83. The maximum Gasteiger partial charge on any atom is 0.0449 e. The van der Waals surface area contributed by atoms with Gasteiger partial charge in [0.05, 0.1) is 0 Å². The molecule has 0 radical (unpaired) electrons. The van der Waals surface area contributed by atoms with Gasteiger partial charge in [-0.1, -0.05) is 60.1 Å². The Morgan fingerprint density at radius 1 is 1.00 bits per heavy atom. The Morgan fingerprint density at radius 2 is 1.67 bits per heavy atom. The molecule has 0 saturated heterocycles. The molecule has 0 aliphatic heterocycles. The van der Waals surface area contributed by atoms with E-state index in [1.165, 1.54) is 5.56 Å². The van der Waals surface area contributed by atoms with Crippen molar-refractivity contribution in [2.24, 2.45) is 5.73 Å². The fourth-order valence-corrected chi connectivity index (χ4v) is 3.23. The van der Waals surface area contributed by atoms with Crippen molar-refractivity contribution in [3.05, 3.63) is 70.7 Å². The lowest BCUT2D eigenvalue weighted by molar-refractivity contribution is 0.940. The first kappa shape index (κ1) is 13.5. The minimum absolute atomic E-state index is 0.249. The third kappa shape index (κ3) is 3.52.